The third kappa shape index (κ3) is 7.77. The first-order valence-corrected chi connectivity index (χ1v) is 5.39. The van der Waals surface area contributed by atoms with Crippen molar-refractivity contribution in [3.63, 3.8) is 0 Å². The van der Waals surface area contributed by atoms with Gasteiger partial charge in [-0.05, 0) is 12.8 Å². The highest BCUT2D eigenvalue weighted by Crippen LogP contribution is 2.21. The van der Waals surface area contributed by atoms with Crippen molar-refractivity contribution >= 4 is 6.29 Å². The molecule has 1 aliphatic carbocycles. The molecule has 0 aromatic carbocycles. The summed E-state index contributed by atoms with van der Waals surface area (Å²) < 4.78 is 0. The van der Waals surface area contributed by atoms with Gasteiger partial charge in [0.05, 0.1) is 0 Å². The highest BCUT2D eigenvalue weighted by atomic mass is 16.1. The van der Waals surface area contributed by atoms with Crippen molar-refractivity contribution in [3.05, 3.63) is 0 Å². The zero-order valence-corrected chi connectivity index (χ0v) is 9.10. The molecule has 0 N–H and O–H groups in total. The molecule has 1 nitrogen and oxygen atoms in total. The van der Waals surface area contributed by atoms with Crippen molar-refractivity contribution in [2.75, 3.05) is 0 Å². The van der Waals surface area contributed by atoms with E-state index in [9.17, 15) is 4.79 Å². The Hall–Kier alpha value is -0.330. The summed E-state index contributed by atoms with van der Waals surface area (Å²) >= 11 is 0. The van der Waals surface area contributed by atoms with Gasteiger partial charge in [-0.2, -0.15) is 0 Å². The number of carbonyl (C=O) groups excluding carboxylic acids is 1. The molecule has 1 fully saturated rings. The lowest BCUT2D eigenvalue weighted by molar-refractivity contribution is -0.111. The van der Waals surface area contributed by atoms with Gasteiger partial charge in [-0.1, -0.05) is 47.0 Å². The molecule has 1 rings (SSSR count). The van der Waals surface area contributed by atoms with Gasteiger partial charge >= 0.3 is 0 Å². The molecule has 0 amide bonds. The van der Waals surface area contributed by atoms with E-state index in [1.807, 2.05) is 27.7 Å². The molecule has 0 saturated heterocycles. The Morgan fingerprint density at radius 2 is 1.33 bits per heavy atom. The van der Waals surface area contributed by atoms with Crippen molar-refractivity contribution in [2.45, 2.75) is 59.8 Å². The zero-order chi connectivity index (χ0) is 9.82. The van der Waals surface area contributed by atoms with Gasteiger partial charge in [-0.25, -0.2) is 0 Å². The highest BCUT2D eigenvalue weighted by molar-refractivity contribution is 5.53. The first kappa shape index (κ1) is 14.2. The molecule has 1 aliphatic rings. The van der Waals surface area contributed by atoms with E-state index in [0.717, 1.165) is 19.1 Å². The molecule has 0 bridgehead atoms. The number of rotatable bonds is 1. The van der Waals surface area contributed by atoms with Crippen LogP contribution in [0, 0.1) is 5.92 Å². The average molecular weight is 172 g/mol. The molecule has 0 aromatic heterocycles. The molecule has 0 aliphatic heterocycles. The van der Waals surface area contributed by atoms with Gasteiger partial charge in [0.1, 0.15) is 6.29 Å². The summed E-state index contributed by atoms with van der Waals surface area (Å²) in [5, 5.41) is 0. The van der Waals surface area contributed by atoms with E-state index in [1.54, 1.807) is 0 Å². The molecule has 0 atom stereocenters. The van der Waals surface area contributed by atoms with Gasteiger partial charge < -0.3 is 4.79 Å². The van der Waals surface area contributed by atoms with E-state index in [-0.39, 0.29) is 0 Å². The van der Waals surface area contributed by atoms with Crippen LogP contribution in [0.3, 0.4) is 0 Å². The first-order chi connectivity index (χ1) is 5.93. The second-order valence-corrected chi connectivity index (χ2v) is 2.53. The summed E-state index contributed by atoms with van der Waals surface area (Å²) in [6.07, 6.45) is 7.27. The molecule has 0 radical (unpaired) electrons. The van der Waals surface area contributed by atoms with Gasteiger partial charge in [-0.3, -0.25) is 0 Å². The summed E-state index contributed by atoms with van der Waals surface area (Å²) in [5.41, 5.74) is 0. The van der Waals surface area contributed by atoms with Crippen LogP contribution in [0.4, 0.5) is 0 Å². The minimum atomic E-state index is 0.406. The molecule has 1 heteroatoms. The number of aldehydes is 1. The molecule has 0 spiro atoms. The topological polar surface area (TPSA) is 17.1 Å². The van der Waals surface area contributed by atoms with Crippen molar-refractivity contribution in [1.29, 1.82) is 0 Å². The second-order valence-electron chi connectivity index (χ2n) is 2.53. The molecule has 1 saturated carbocycles. The van der Waals surface area contributed by atoms with Crippen LogP contribution in [0.5, 0.6) is 0 Å². The van der Waals surface area contributed by atoms with E-state index < -0.39 is 0 Å². The van der Waals surface area contributed by atoms with Crippen molar-refractivity contribution in [2.24, 2.45) is 5.92 Å². The number of carbonyl (C=O) groups is 1. The molecule has 0 unspecified atom stereocenters. The fraction of sp³-hybridized carbons (Fsp3) is 0.909. The lowest BCUT2D eigenvalue weighted by Gasteiger charge is -2.14. The smallest absolute Gasteiger partial charge is 0.123 e. The van der Waals surface area contributed by atoms with E-state index in [1.165, 1.54) is 19.3 Å². The van der Waals surface area contributed by atoms with Crippen LogP contribution in [0.15, 0.2) is 0 Å². The minimum Gasteiger partial charge on any atom is -0.303 e. The van der Waals surface area contributed by atoms with Gasteiger partial charge in [-0.15, -0.1) is 0 Å². The van der Waals surface area contributed by atoms with Gasteiger partial charge in [0.25, 0.3) is 0 Å². The molecule has 0 heterocycles. The Kier molecular flexibility index (Phi) is 15.7. The second kappa shape index (κ2) is 13.3. The summed E-state index contributed by atoms with van der Waals surface area (Å²) in [4.78, 5) is 10.2. The van der Waals surface area contributed by atoms with Crippen LogP contribution in [0.1, 0.15) is 59.8 Å². The van der Waals surface area contributed by atoms with Crippen molar-refractivity contribution in [3.8, 4) is 0 Å². The first-order valence-electron chi connectivity index (χ1n) is 5.39. The Morgan fingerprint density at radius 1 is 0.917 bits per heavy atom. The lowest BCUT2D eigenvalue weighted by atomic mass is 9.91. The Morgan fingerprint density at radius 3 is 1.58 bits per heavy atom. The molecule has 0 aromatic rings. The van der Waals surface area contributed by atoms with Crippen LogP contribution < -0.4 is 0 Å². The number of hydrogen-bond donors (Lipinski definition) is 0. The van der Waals surface area contributed by atoms with Crippen molar-refractivity contribution in [1.82, 2.24) is 0 Å². The average Bonchev–Trinajstić information content (AvgIpc) is 2.25. The molecule has 74 valence electrons. The number of hydrogen-bond acceptors (Lipinski definition) is 1. The Labute approximate surface area is 77.6 Å². The summed E-state index contributed by atoms with van der Waals surface area (Å²) in [5.74, 6) is 0.406. The van der Waals surface area contributed by atoms with Crippen LogP contribution in [-0.4, -0.2) is 6.29 Å². The fourth-order valence-corrected chi connectivity index (χ4v) is 1.27. The van der Waals surface area contributed by atoms with Crippen LogP contribution >= 0.6 is 0 Å². The van der Waals surface area contributed by atoms with Crippen LogP contribution in [-0.2, 0) is 4.79 Å². The predicted octanol–water partition coefficient (Wildman–Crippen LogP) is 3.82. The summed E-state index contributed by atoms with van der Waals surface area (Å²) in [6.45, 7) is 8.00. The minimum absolute atomic E-state index is 0.406. The Bertz CT molecular complexity index is 73.1. The summed E-state index contributed by atoms with van der Waals surface area (Å²) in [7, 11) is 0. The molecule has 12 heavy (non-hydrogen) atoms. The van der Waals surface area contributed by atoms with Crippen LogP contribution in [0.2, 0.25) is 0 Å². The van der Waals surface area contributed by atoms with Gasteiger partial charge in [0.15, 0.2) is 0 Å². The van der Waals surface area contributed by atoms with E-state index in [4.69, 9.17) is 0 Å². The Balaban J connectivity index is 0. The quantitative estimate of drug-likeness (QED) is 0.549. The zero-order valence-electron chi connectivity index (χ0n) is 9.10. The van der Waals surface area contributed by atoms with Gasteiger partial charge in [0, 0.05) is 5.92 Å². The SMILES string of the molecule is CC.CC.O=CC1CCCCC1. The normalized spacial score (nSPS) is 16.3. The molecular formula is C11H24O. The van der Waals surface area contributed by atoms with E-state index >= 15 is 0 Å². The monoisotopic (exact) mass is 172 g/mol. The third-order valence-corrected chi connectivity index (χ3v) is 1.84. The maximum atomic E-state index is 10.2. The standard InChI is InChI=1S/C7H12O.2C2H6/c8-6-7-4-2-1-3-5-7;2*1-2/h6-7H,1-5H2;2*1-2H3. The van der Waals surface area contributed by atoms with Crippen LogP contribution in [0.25, 0.3) is 0 Å². The maximum absolute atomic E-state index is 10.2. The maximum Gasteiger partial charge on any atom is 0.123 e. The van der Waals surface area contributed by atoms with E-state index in [0.29, 0.717) is 5.92 Å². The molecular weight excluding hydrogens is 148 g/mol. The van der Waals surface area contributed by atoms with Gasteiger partial charge in [0.2, 0.25) is 0 Å². The largest absolute Gasteiger partial charge is 0.303 e. The highest BCUT2D eigenvalue weighted by Gasteiger charge is 2.10. The van der Waals surface area contributed by atoms with Crippen molar-refractivity contribution < 1.29 is 4.79 Å². The fourth-order valence-electron chi connectivity index (χ4n) is 1.27. The van der Waals surface area contributed by atoms with E-state index in [2.05, 4.69) is 0 Å². The summed E-state index contributed by atoms with van der Waals surface area (Å²) in [6, 6.07) is 0. The third-order valence-electron chi connectivity index (χ3n) is 1.84. The predicted molar refractivity (Wildman–Crippen MR) is 55.3 cm³/mol. The lowest BCUT2D eigenvalue weighted by Crippen LogP contribution is -2.06.